The number of ketones is 2. The third-order valence-corrected chi connectivity index (χ3v) is 2.52. The van der Waals surface area contributed by atoms with Gasteiger partial charge in [0.1, 0.15) is 0 Å². The van der Waals surface area contributed by atoms with Crippen LogP contribution in [-0.2, 0) is 4.79 Å². The molecule has 1 aliphatic carbocycles. The molecule has 0 fully saturated rings. The summed E-state index contributed by atoms with van der Waals surface area (Å²) in [4.78, 5) is 23.1. The van der Waals surface area contributed by atoms with Crippen LogP contribution in [0.2, 0.25) is 0 Å². The van der Waals surface area contributed by atoms with Gasteiger partial charge in [0.2, 0.25) is 11.6 Å². The minimum absolute atomic E-state index is 0.295. The predicted octanol–water partition coefficient (Wildman–Crippen LogP) is 2.11. The molecule has 2 heteroatoms. The summed E-state index contributed by atoms with van der Waals surface area (Å²) in [5.74, 6) is -0.949. The van der Waals surface area contributed by atoms with Crippen LogP contribution >= 0.6 is 0 Å². The number of carbonyl (C=O) groups excluding carboxylic acids is 2. The van der Waals surface area contributed by atoms with Gasteiger partial charge in [0.25, 0.3) is 0 Å². The Bertz CT molecular complexity index is 418. The second-order valence-corrected chi connectivity index (χ2v) is 3.36. The number of hydrogen-bond acceptors (Lipinski definition) is 2. The topological polar surface area (TPSA) is 34.1 Å². The van der Waals surface area contributed by atoms with E-state index in [2.05, 4.69) is 6.58 Å². The molecule has 1 aromatic carbocycles. The van der Waals surface area contributed by atoms with Crippen LogP contribution in [0.4, 0.5) is 0 Å². The van der Waals surface area contributed by atoms with Gasteiger partial charge in [-0.2, -0.15) is 0 Å². The summed E-state index contributed by atoms with van der Waals surface area (Å²) in [6, 6.07) is 7.17. The van der Waals surface area contributed by atoms with Crippen molar-refractivity contribution in [3.8, 4) is 0 Å². The Morgan fingerprint density at radius 3 is 2.71 bits per heavy atom. The molecule has 2 rings (SSSR count). The van der Waals surface area contributed by atoms with Crippen molar-refractivity contribution in [2.24, 2.45) is 0 Å². The molecule has 0 N–H and O–H groups in total. The molecule has 0 saturated carbocycles. The molecule has 1 aromatic rings. The second-order valence-electron chi connectivity index (χ2n) is 3.36. The van der Waals surface area contributed by atoms with Gasteiger partial charge in [0, 0.05) is 5.56 Å². The summed E-state index contributed by atoms with van der Waals surface area (Å²) in [7, 11) is 0. The molecule has 0 saturated heterocycles. The highest BCUT2D eigenvalue weighted by atomic mass is 16.2. The zero-order valence-electron chi connectivity index (χ0n) is 7.69. The van der Waals surface area contributed by atoms with Crippen molar-refractivity contribution >= 4 is 11.6 Å². The Labute approximate surface area is 82.2 Å². The molecule has 0 spiro atoms. The summed E-state index contributed by atoms with van der Waals surface area (Å²) < 4.78 is 0. The van der Waals surface area contributed by atoms with Gasteiger partial charge in [-0.1, -0.05) is 30.3 Å². The maximum Gasteiger partial charge on any atom is 0.229 e. The smallest absolute Gasteiger partial charge is 0.229 e. The van der Waals surface area contributed by atoms with Crippen molar-refractivity contribution in [1.82, 2.24) is 0 Å². The number of fused-ring (bicyclic) bond motifs is 1. The lowest BCUT2D eigenvalue weighted by Crippen LogP contribution is -2.11. The first-order valence-corrected chi connectivity index (χ1v) is 4.54. The Balaban J connectivity index is 2.52. The monoisotopic (exact) mass is 186 g/mol. The molecule has 2 nitrogen and oxygen atoms in total. The lowest BCUT2D eigenvalue weighted by molar-refractivity contribution is -0.115. The summed E-state index contributed by atoms with van der Waals surface area (Å²) in [6.45, 7) is 3.59. The van der Waals surface area contributed by atoms with E-state index < -0.39 is 0 Å². The molecule has 1 aliphatic rings. The number of benzene rings is 1. The molecular weight excluding hydrogens is 176 g/mol. The van der Waals surface area contributed by atoms with Gasteiger partial charge in [-0.15, -0.1) is 6.58 Å². The fourth-order valence-electron chi connectivity index (χ4n) is 1.84. The molecule has 1 atom stereocenters. The largest absolute Gasteiger partial charge is 0.290 e. The quantitative estimate of drug-likeness (QED) is 0.523. The van der Waals surface area contributed by atoms with Gasteiger partial charge in [0.15, 0.2) is 0 Å². The van der Waals surface area contributed by atoms with E-state index in [0.717, 1.165) is 5.56 Å². The van der Waals surface area contributed by atoms with Crippen LogP contribution in [0.15, 0.2) is 36.9 Å². The number of allylic oxidation sites excluding steroid dienone is 1. The molecule has 0 bridgehead atoms. The lowest BCUT2D eigenvalue weighted by Gasteiger charge is -2.04. The van der Waals surface area contributed by atoms with E-state index in [9.17, 15) is 9.59 Å². The molecule has 1 unspecified atom stereocenters. The predicted molar refractivity (Wildman–Crippen MR) is 53.3 cm³/mol. The van der Waals surface area contributed by atoms with Crippen LogP contribution in [0.1, 0.15) is 28.3 Å². The van der Waals surface area contributed by atoms with Crippen LogP contribution in [-0.4, -0.2) is 11.6 Å². The van der Waals surface area contributed by atoms with Crippen LogP contribution in [0.25, 0.3) is 0 Å². The Hall–Kier alpha value is -1.70. The maximum absolute atomic E-state index is 11.6. The average Bonchev–Trinajstić information content (AvgIpc) is 2.45. The average molecular weight is 186 g/mol. The van der Waals surface area contributed by atoms with Crippen molar-refractivity contribution in [2.75, 3.05) is 0 Å². The highest BCUT2D eigenvalue weighted by Gasteiger charge is 2.36. The molecule has 0 radical (unpaired) electrons. The van der Waals surface area contributed by atoms with E-state index in [1.165, 1.54) is 0 Å². The van der Waals surface area contributed by atoms with Crippen molar-refractivity contribution < 1.29 is 9.59 Å². The zero-order valence-corrected chi connectivity index (χ0v) is 7.69. The van der Waals surface area contributed by atoms with E-state index in [4.69, 9.17) is 0 Å². The van der Waals surface area contributed by atoms with E-state index in [0.29, 0.717) is 12.0 Å². The van der Waals surface area contributed by atoms with Gasteiger partial charge >= 0.3 is 0 Å². The minimum Gasteiger partial charge on any atom is -0.290 e. The van der Waals surface area contributed by atoms with Crippen LogP contribution in [0.5, 0.6) is 0 Å². The van der Waals surface area contributed by atoms with E-state index in [-0.39, 0.29) is 17.5 Å². The van der Waals surface area contributed by atoms with Crippen LogP contribution in [0, 0.1) is 0 Å². The lowest BCUT2D eigenvalue weighted by atomic mass is 9.97. The third-order valence-electron chi connectivity index (χ3n) is 2.52. The van der Waals surface area contributed by atoms with Crippen LogP contribution in [0.3, 0.4) is 0 Å². The van der Waals surface area contributed by atoms with Crippen molar-refractivity contribution in [2.45, 2.75) is 12.3 Å². The Morgan fingerprint density at radius 2 is 2.00 bits per heavy atom. The molecule has 14 heavy (non-hydrogen) atoms. The Morgan fingerprint density at radius 1 is 1.29 bits per heavy atom. The van der Waals surface area contributed by atoms with Crippen molar-refractivity contribution in [1.29, 1.82) is 0 Å². The van der Waals surface area contributed by atoms with Crippen LogP contribution < -0.4 is 0 Å². The Kier molecular flexibility index (Phi) is 2.04. The van der Waals surface area contributed by atoms with E-state index in [1.807, 2.05) is 12.1 Å². The number of rotatable bonds is 2. The first kappa shape index (κ1) is 8.88. The SMILES string of the molecule is C=CCC1C(=O)C(=O)c2ccccc21. The second kappa shape index (κ2) is 3.22. The molecule has 0 heterocycles. The number of hydrogen-bond donors (Lipinski definition) is 0. The highest BCUT2D eigenvalue weighted by molar-refractivity contribution is 6.48. The van der Waals surface area contributed by atoms with Gasteiger partial charge < -0.3 is 0 Å². The summed E-state index contributed by atoms with van der Waals surface area (Å²) in [5, 5.41) is 0. The summed E-state index contributed by atoms with van der Waals surface area (Å²) in [5.41, 5.74) is 1.41. The standard InChI is InChI=1S/C12H10O2/c1-2-5-9-8-6-3-4-7-10(8)12(14)11(9)13/h2-4,6-7,9H,1,5H2. The number of carbonyl (C=O) groups is 2. The molecule has 70 valence electrons. The highest BCUT2D eigenvalue weighted by Crippen LogP contribution is 2.32. The molecule has 0 amide bonds. The fraction of sp³-hybridized carbons (Fsp3) is 0.167. The van der Waals surface area contributed by atoms with Gasteiger partial charge in [-0.05, 0) is 12.0 Å². The van der Waals surface area contributed by atoms with E-state index in [1.54, 1.807) is 18.2 Å². The van der Waals surface area contributed by atoms with E-state index >= 15 is 0 Å². The van der Waals surface area contributed by atoms with Gasteiger partial charge in [0.05, 0.1) is 5.92 Å². The fourth-order valence-corrected chi connectivity index (χ4v) is 1.84. The molecular formula is C12H10O2. The van der Waals surface area contributed by atoms with Gasteiger partial charge in [-0.3, -0.25) is 9.59 Å². The van der Waals surface area contributed by atoms with Gasteiger partial charge in [-0.25, -0.2) is 0 Å². The molecule has 0 aromatic heterocycles. The summed E-state index contributed by atoms with van der Waals surface area (Å²) >= 11 is 0. The molecule has 0 aliphatic heterocycles. The summed E-state index contributed by atoms with van der Waals surface area (Å²) in [6.07, 6.45) is 2.22. The number of Topliss-reactive ketones (excluding diaryl/α,β-unsaturated/α-hetero) is 2. The van der Waals surface area contributed by atoms with Crippen molar-refractivity contribution in [3.05, 3.63) is 48.0 Å². The third kappa shape index (κ3) is 1.11. The maximum atomic E-state index is 11.6. The van der Waals surface area contributed by atoms with Crippen molar-refractivity contribution in [3.63, 3.8) is 0 Å². The first-order chi connectivity index (χ1) is 6.75. The first-order valence-electron chi connectivity index (χ1n) is 4.54. The zero-order chi connectivity index (χ0) is 10.1. The minimum atomic E-state index is -0.354. The normalized spacial score (nSPS) is 19.6.